The highest BCUT2D eigenvalue weighted by molar-refractivity contribution is 5.36. The fourth-order valence-electron chi connectivity index (χ4n) is 2.07. The molecule has 2 nitrogen and oxygen atoms in total. The Morgan fingerprint density at radius 1 is 1.36 bits per heavy atom. The summed E-state index contributed by atoms with van der Waals surface area (Å²) in [7, 11) is 0. The maximum atomic E-state index is 6.11. The van der Waals surface area contributed by atoms with Crippen molar-refractivity contribution in [2.24, 2.45) is 5.73 Å². The second-order valence-corrected chi connectivity index (χ2v) is 4.15. The summed E-state index contributed by atoms with van der Waals surface area (Å²) in [5, 5.41) is 0. The van der Waals surface area contributed by atoms with Crippen LogP contribution in [0.4, 0.5) is 0 Å². The average molecular weight is 191 g/mol. The first-order valence-electron chi connectivity index (χ1n) is 5.17. The Balaban J connectivity index is 2.17. The van der Waals surface area contributed by atoms with Gasteiger partial charge in [-0.3, -0.25) is 0 Å². The fraction of sp³-hybridized carbons (Fsp3) is 0.500. The Kier molecular flexibility index (Phi) is 2.57. The van der Waals surface area contributed by atoms with Crippen LogP contribution in [0.2, 0.25) is 0 Å². The largest absolute Gasteiger partial charge is 0.373 e. The normalized spacial score (nSPS) is 25.4. The van der Waals surface area contributed by atoms with Gasteiger partial charge in [-0.05, 0) is 25.0 Å². The summed E-state index contributed by atoms with van der Waals surface area (Å²) in [5.74, 6) is 0. The first-order valence-corrected chi connectivity index (χ1v) is 5.17. The van der Waals surface area contributed by atoms with Gasteiger partial charge in [-0.1, -0.05) is 24.3 Å². The molecule has 0 saturated carbocycles. The summed E-state index contributed by atoms with van der Waals surface area (Å²) in [4.78, 5) is 0. The SMILES string of the molecule is CC(C)O[C@H]1Cc2ccccc2[C@H]1N. The van der Waals surface area contributed by atoms with Crippen LogP contribution in [0.1, 0.15) is 31.0 Å². The van der Waals surface area contributed by atoms with Gasteiger partial charge in [-0.25, -0.2) is 0 Å². The first kappa shape index (κ1) is 9.69. The van der Waals surface area contributed by atoms with Crippen LogP contribution in [-0.4, -0.2) is 12.2 Å². The Morgan fingerprint density at radius 2 is 2.07 bits per heavy atom. The third-order valence-electron chi connectivity index (χ3n) is 2.68. The third-order valence-corrected chi connectivity index (χ3v) is 2.68. The summed E-state index contributed by atoms with van der Waals surface area (Å²) >= 11 is 0. The molecule has 0 bridgehead atoms. The maximum absolute atomic E-state index is 6.11. The smallest absolute Gasteiger partial charge is 0.0811 e. The molecule has 0 heterocycles. The Hall–Kier alpha value is -0.860. The second kappa shape index (κ2) is 3.71. The van der Waals surface area contributed by atoms with E-state index >= 15 is 0 Å². The van der Waals surface area contributed by atoms with E-state index < -0.39 is 0 Å². The molecule has 0 amide bonds. The molecule has 1 aromatic carbocycles. The van der Waals surface area contributed by atoms with Crippen LogP contribution in [0.15, 0.2) is 24.3 Å². The third kappa shape index (κ3) is 1.68. The molecule has 0 unspecified atom stereocenters. The van der Waals surface area contributed by atoms with Gasteiger partial charge in [-0.2, -0.15) is 0 Å². The van der Waals surface area contributed by atoms with Crippen molar-refractivity contribution in [2.45, 2.75) is 38.5 Å². The number of benzene rings is 1. The van der Waals surface area contributed by atoms with Crippen molar-refractivity contribution >= 4 is 0 Å². The van der Waals surface area contributed by atoms with Crippen molar-refractivity contribution < 1.29 is 4.74 Å². The molecular formula is C12H17NO. The zero-order valence-corrected chi connectivity index (χ0v) is 8.73. The molecule has 76 valence electrons. The molecular weight excluding hydrogens is 174 g/mol. The first-order chi connectivity index (χ1) is 6.68. The molecule has 0 spiro atoms. The van der Waals surface area contributed by atoms with Crippen molar-refractivity contribution in [1.29, 1.82) is 0 Å². The van der Waals surface area contributed by atoms with E-state index in [1.807, 2.05) is 6.07 Å². The number of rotatable bonds is 2. The molecule has 2 heteroatoms. The predicted octanol–water partition coefficient (Wildman–Crippen LogP) is 2.04. The molecule has 1 aliphatic rings. The van der Waals surface area contributed by atoms with E-state index in [2.05, 4.69) is 32.0 Å². The number of ether oxygens (including phenoxy) is 1. The summed E-state index contributed by atoms with van der Waals surface area (Å²) in [6.07, 6.45) is 1.36. The minimum absolute atomic E-state index is 0.0496. The monoisotopic (exact) mass is 191 g/mol. The summed E-state index contributed by atoms with van der Waals surface area (Å²) in [6, 6.07) is 8.39. The van der Waals surface area contributed by atoms with Crippen molar-refractivity contribution in [3.05, 3.63) is 35.4 Å². The molecule has 2 rings (SSSR count). The van der Waals surface area contributed by atoms with Crippen LogP contribution in [0.5, 0.6) is 0 Å². The van der Waals surface area contributed by atoms with Crippen LogP contribution >= 0.6 is 0 Å². The van der Waals surface area contributed by atoms with E-state index in [1.54, 1.807) is 0 Å². The lowest BCUT2D eigenvalue weighted by Gasteiger charge is -2.19. The second-order valence-electron chi connectivity index (χ2n) is 4.15. The molecule has 14 heavy (non-hydrogen) atoms. The lowest BCUT2D eigenvalue weighted by atomic mass is 10.1. The average Bonchev–Trinajstić information content (AvgIpc) is 2.44. The Labute approximate surface area is 85.1 Å². The van der Waals surface area contributed by atoms with Crippen LogP contribution in [0, 0.1) is 0 Å². The van der Waals surface area contributed by atoms with Crippen molar-refractivity contribution in [2.75, 3.05) is 0 Å². The van der Waals surface area contributed by atoms with Crippen LogP contribution in [-0.2, 0) is 11.2 Å². The molecule has 0 saturated heterocycles. The Morgan fingerprint density at radius 3 is 2.71 bits per heavy atom. The number of hydrogen-bond donors (Lipinski definition) is 1. The van der Waals surface area contributed by atoms with E-state index in [1.165, 1.54) is 11.1 Å². The standard InChI is InChI=1S/C12H17NO/c1-8(2)14-11-7-9-5-3-4-6-10(9)12(11)13/h3-6,8,11-12H,7,13H2,1-2H3/t11-,12+/m0/s1. The summed E-state index contributed by atoms with van der Waals surface area (Å²) < 4.78 is 5.78. The van der Waals surface area contributed by atoms with Crippen molar-refractivity contribution in [3.63, 3.8) is 0 Å². The molecule has 1 aliphatic carbocycles. The highest BCUT2D eigenvalue weighted by Crippen LogP contribution is 2.31. The molecule has 1 aromatic rings. The van der Waals surface area contributed by atoms with E-state index in [9.17, 15) is 0 Å². The number of hydrogen-bond acceptors (Lipinski definition) is 2. The zero-order chi connectivity index (χ0) is 10.1. The van der Waals surface area contributed by atoms with E-state index in [4.69, 9.17) is 10.5 Å². The van der Waals surface area contributed by atoms with Crippen molar-refractivity contribution in [3.8, 4) is 0 Å². The molecule has 0 radical (unpaired) electrons. The van der Waals surface area contributed by atoms with Gasteiger partial charge in [0.25, 0.3) is 0 Å². The van der Waals surface area contributed by atoms with Gasteiger partial charge < -0.3 is 10.5 Å². The lowest BCUT2D eigenvalue weighted by Crippen LogP contribution is -2.27. The van der Waals surface area contributed by atoms with E-state index in [0.29, 0.717) is 0 Å². The summed E-state index contributed by atoms with van der Waals surface area (Å²) in [6.45, 7) is 4.10. The molecule has 0 aliphatic heterocycles. The lowest BCUT2D eigenvalue weighted by molar-refractivity contribution is 0.000239. The number of nitrogens with two attached hydrogens (primary N) is 1. The Bertz CT molecular complexity index is 322. The van der Waals surface area contributed by atoms with Gasteiger partial charge in [0.2, 0.25) is 0 Å². The minimum atomic E-state index is 0.0496. The van der Waals surface area contributed by atoms with Crippen LogP contribution < -0.4 is 5.73 Å². The van der Waals surface area contributed by atoms with E-state index in [-0.39, 0.29) is 18.2 Å². The van der Waals surface area contributed by atoms with Crippen LogP contribution in [0.25, 0.3) is 0 Å². The van der Waals surface area contributed by atoms with Gasteiger partial charge in [-0.15, -0.1) is 0 Å². The number of fused-ring (bicyclic) bond motifs is 1. The molecule has 0 aromatic heterocycles. The van der Waals surface area contributed by atoms with Gasteiger partial charge >= 0.3 is 0 Å². The predicted molar refractivity (Wildman–Crippen MR) is 57.1 cm³/mol. The topological polar surface area (TPSA) is 35.2 Å². The highest BCUT2D eigenvalue weighted by Gasteiger charge is 2.30. The molecule has 2 atom stereocenters. The summed E-state index contributed by atoms with van der Waals surface area (Å²) in [5.41, 5.74) is 8.70. The highest BCUT2D eigenvalue weighted by atomic mass is 16.5. The molecule has 0 fully saturated rings. The van der Waals surface area contributed by atoms with Gasteiger partial charge in [0, 0.05) is 6.42 Å². The van der Waals surface area contributed by atoms with E-state index in [0.717, 1.165) is 6.42 Å². The van der Waals surface area contributed by atoms with Crippen LogP contribution in [0.3, 0.4) is 0 Å². The quantitative estimate of drug-likeness (QED) is 0.776. The van der Waals surface area contributed by atoms with Crippen molar-refractivity contribution in [1.82, 2.24) is 0 Å². The molecule has 2 N–H and O–H groups in total. The van der Waals surface area contributed by atoms with Gasteiger partial charge in [0.05, 0.1) is 18.2 Å². The fourth-order valence-corrected chi connectivity index (χ4v) is 2.07. The maximum Gasteiger partial charge on any atom is 0.0811 e. The minimum Gasteiger partial charge on any atom is -0.373 e. The van der Waals surface area contributed by atoms with Gasteiger partial charge in [0.1, 0.15) is 0 Å². The zero-order valence-electron chi connectivity index (χ0n) is 8.73. The van der Waals surface area contributed by atoms with Gasteiger partial charge in [0.15, 0.2) is 0 Å².